The number of hydrogen-bond donors (Lipinski definition) is 1. The van der Waals surface area contributed by atoms with Gasteiger partial charge in [0, 0.05) is 6.42 Å². The molecule has 2 rings (SSSR count). The second-order valence-corrected chi connectivity index (χ2v) is 7.98. The third kappa shape index (κ3) is 3.23. The fourth-order valence-electron chi connectivity index (χ4n) is 2.35. The van der Waals surface area contributed by atoms with Gasteiger partial charge in [0.15, 0.2) is 10.6 Å². The molecule has 12 heteroatoms. The van der Waals surface area contributed by atoms with E-state index in [1.165, 1.54) is 18.9 Å². The van der Waals surface area contributed by atoms with Crippen molar-refractivity contribution in [3.8, 4) is 0 Å². The second-order valence-electron chi connectivity index (χ2n) is 5.58. The molecule has 1 aliphatic rings. The maximum absolute atomic E-state index is 13.8. The first-order valence-corrected chi connectivity index (χ1v) is 8.90. The molecule has 0 saturated carbocycles. The number of oxime groups is 1. The summed E-state index contributed by atoms with van der Waals surface area (Å²) in [5, 5.41) is 5.56. The van der Waals surface area contributed by atoms with Gasteiger partial charge in [0.2, 0.25) is 15.8 Å². The molecule has 0 bridgehead atoms. The predicted octanol–water partition coefficient (Wildman–Crippen LogP) is 3.16. The molecular formula is C12H14ClF4N3O3S. The van der Waals surface area contributed by atoms with Crippen molar-refractivity contribution in [3.63, 3.8) is 0 Å². The Morgan fingerprint density at radius 1 is 1.46 bits per heavy atom. The first kappa shape index (κ1) is 19.0. The third-order valence-corrected chi connectivity index (χ3v) is 6.37. The molecule has 0 radical (unpaired) electrons. The maximum Gasteiger partial charge on any atom is 0.433 e. The lowest BCUT2D eigenvalue weighted by atomic mass is 10.1. The molecule has 24 heavy (non-hydrogen) atoms. The zero-order chi connectivity index (χ0) is 18.3. The number of rotatable bonds is 4. The summed E-state index contributed by atoms with van der Waals surface area (Å²) in [6.45, 7) is 2.83. The lowest BCUT2D eigenvalue weighted by molar-refractivity contribution is -0.141. The molecule has 0 aromatic carbocycles. The summed E-state index contributed by atoms with van der Waals surface area (Å²) >= 11 is 5.67. The Hall–Kier alpha value is -1.36. The maximum atomic E-state index is 13.8. The van der Waals surface area contributed by atoms with E-state index in [1.54, 1.807) is 0 Å². The molecule has 1 aliphatic heterocycles. The SMILES string of the molecule is CCC(c1c(F)n[nH]c1C(F)(F)F)S(=O)(=O)C1=NOC(C)(CCl)C1. The lowest BCUT2D eigenvalue weighted by Gasteiger charge is -2.19. The van der Waals surface area contributed by atoms with Crippen LogP contribution in [-0.2, 0) is 20.9 Å². The number of sulfone groups is 1. The van der Waals surface area contributed by atoms with E-state index >= 15 is 0 Å². The minimum absolute atomic E-state index is 0.0693. The minimum Gasteiger partial charge on any atom is -0.387 e. The summed E-state index contributed by atoms with van der Waals surface area (Å²) in [7, 11) is -4.39. The zero-order valence-electron chi connectivity index (χ0n) is 12.6. The number of alkyl halides is 4. The molecule has 0 spiro atoms. The van der Waals surface area contributed by atoms with Crippen molar-refractivity contribution in [3.05, 3.63) is 17.2 Å². The van der Waals surface area contributed by atoms with Crippen molar-refractivity contribution < 1.29 is 30.8 Å². The van der Waals surface area contributed by atoms with Crippen molar-refractivity contribution in [2.24, 2.45) is 5.16 Å². The fourth-order valence-corrected chi connectivity index (χ4v) is 4.43. The summed E-state index contributed by atoms with van der Waals surface area (Å²) < 4.78 is 78.1. The summed E-state index contributed by atoms with van der Waals surface area (Å²) in [5.41, 5.74) is -3.66. The van der Waals surface area contributed by atoms with Crippen molar-refractivity contribution in [1.82, 2.24) is 10.2 Å². The molecular weight excluding hydrogens is 378 g/mol. The van der Waals surface area contributed by atoms with E-state index in [2.05, 4.69) is 10.3 Å². The number of aromatic amines is 1. The van der Waals surface area contributed by atoms with Crippen molar-refractivity contribution >= 4 is 26.5 Å². The summed E-state index contributed by atoms with van der Waals surface area (Å²) in [6, 6.07) is 0. The van der Waals surface area contributed by atoms with Crippen LogP contribution >= 0.6 is 11.6 Å². The van der Waals surface area contributed by atoms with Crippen LogP contribution in [0, 0.1) is 5.95 Å². The van der Waals surface area contributed by atoms with Crippen molar-refractivity contribution in [2.45, 2.75) is 43.7 Å². The van der Waals surface area contributed by atoms with Crippen LogP contribution in [0.4, 0.5) is 17.6 Å². The van der Waals surface area contributed by atoms with Crippen molar-refractivity contribution in [2.75, 3.05) is 5.88 Å². The topological polar surface area (TPSA) is 84.4 Å². The van der Waals surface area contributed by atoms with E-state index < -0.39 is 49.1 Å². The molecule has 0 fully saturated rings. The molecule has 0 aliphatic carbocycles. The molecule has 2 unspecified atom stereocenters. The van der Waals surface area contributed by atoms with E-state index in [1.807, 2.05) is 0 Å². The zero-order valence-corrected chi connectivity index (χ0v) is 14.2. The van der Waals surface area contributed by atoms with E-state index in [-0.39, 0.29) is 18.7 Å². The van der Waals surface area contributed by atoms with Crippen LogP contribution < -0.4 is 0 Å². The summed E-state index contributed by atoms with van der Waals surface area (Å²) in [5.74, 6) is -1.59. The van der Waals surface area contributed by atoms with Gasteiger partial charge in [0.1, 0.15) is 5.69 Å². The summed E-state index contributed by atoms with van der Waals surface area (Å²) in [4.78, 5) is 4.97. The molecule has 0 amide bonds. The third-order valence-electron chi connectivity index (χ3n) is 3.61. The molecule has 1 aromatic rings. The fraction of sp³-hybridized carbons (Fsp3) is 0.667. The quantitative estimate of drug-likeness (QED) is 0.631. The van der Waals surface area contributed by atoms with Crippen LogP contribution in [-0.4, -0.2) is 35.1 Å². The monoisotopic (exact) mass is 391 g/mol. The van der Waals surface area contributed by atoms with Gasteiger partial charge in [-0.2, -0.15) is 17.6 Å². The van der Waals surface area contributed by atoms with Crippen LogP contribution in [0.1, 0.15) is 43.2 Å². The highest BCUT2D eigenvalue weighted by Crippen LogP contribution is 2.40. The number of aromatic nitrogens is 2. The number of nitrogens with one attached hydrogen (secondary N) is 1. The molecule has 136 valence electrons. The standard InChI is InChI=1S/C12H14ClF4N3O3S/c1-3-6(8-9(12(15,16)17)18-19-10(8)14)24(21,22)7-4-11(2,5-13)23-20-7/h6H,3-5H2,1-2H3,(H,18,19). The Morgan fingerprint density at radius 3 is 2.54 bits per heavy atom. The van der Waals surface area contributed by atoms with Crippen LogP contribution in [0.25, 0.3) is 0 Å². The average molecular weight is 392 g/mol. The van der Waals surface area contributed by atoms with Gasteiger partial charge in [0.25, 0.3) is 0 Å². The Bertz CT molecular complexity index is 762. The molecule has 1 aromatic heterocycles. The van der Waals surface area contributed by atoms with Crippen LogP contribution in [0.5, 0.6) is 0 Å². The van der Waals surface area contributed by atoms with E-state index in [0.29, 0.717) is 0 Å². The first-order valence-electron chi connectivity index (χ1n) is 6.82. The Balaban J connectivity index is 2.49. The normalized spacial score (nSPS) is 23.0. The first-order chi connectivity index (χ1) is 11.0. The minimum atomic E-state index is -4.98. The van der Waals surface area contributed by atoms with Crippen LogP contribution in [0.3, 0.4) is 0 Å². The van der Waals surface area contributed by atoms with E-state index in [4.69, 9.17) is 16.4 Å². The van der Waals surface area contributed by atoms with Crippen LogP contribution in [0.2, 0.25) is 0 Å². The van der Waals surface area contributed by atoms with Gasteiger partial charge in [-0.15, -0.1) is 16.7 Å². The Kier molecular flexibility index (Phi) is 4.88. The van der Waals surface area contributed by atoms with Crippen molar-refractivity contribution in [1.29, 1.82) is 0 Å². The van der Waals surface area contributed by atoms with Gasteiger partial charge < -0.3 is 4.84 Å². The van der Waals surface area contributed by atoms with Gasteiger partial charge in [-0.3, -0.25) is 5.10 Å². The van der Waals surface area contributed by atoms with Crippen LogP contribution in [0.15, 0.2) is 5.16 Å². The number of halogens is 5. The molecule has 2 atom stereocenters. The predicted molar refractivity (Wildman–Crippen MR) is 77.8 cm³/mol. The highest BCUT2D eigenvalue weighted by Gasteiger charge is 2.47. The summed E-state index contributed by atoms with van der Waals surface area (Å²) in [6.07, 6.45) is -5.50. The van der Waals surface area contributed by atoms with Gasteiger partial charge in [-0.05, 0) is 13.3 Å². The largest absolute Gasteiger partial charge is 0.433 e. The Morgan fingerprint density at radius 2 is 2.08 bits per heavy atom. The van der Waals surface area contributed by atoms with E-state index in [9.17, 15) is 26.0 Å². The number of H-pyrrole nitrogens is 1. The molecule has 1 N–H and O–H groups in total. The van der Waals surface area contributed by atoms with Gasteiger partial charge >= 0.3 is 6.18 Å². The molecule has 2 heterocycles. The van der Waals surface area contributed by atoms with E-state index in [0.717, 1.165) is 0 Å². The van der Waals surface area contributed by atoms with Gasteiger partial charge in [-0.1, -0.05) is 12.1 Å². The number of hydrogen-bond acceptors (Lipinski definition) is 5. The average Bonchev–Trinajstić information content (AvgIpc) is 3.05. The molecule has 6 nitrogen and oxygen atoms in total. The second kappa shape index (κ2) is 6.17. The van der Waals surface area contributed by atoms with Gasteiger partial charge in [0.05, 0.1) is 16.7 Å². The van der Waals surface area contributed by atoms with Gasteiger partial charge in [-0.25, -0.2) is 8.42 Å². The Labute approximate surface area is 140 Å². The number of nitrogens with zero attached hydrogens (tertiary/aromatic N) is 2. The smallest absolute Gasteiger partial charge is 0.387 e. The highest BCUT2D eigenvalue weighted by atomic mass is 35.5. The molecule has 0 saturated heterocycles. The lowest BCUT2D eigenvalue weighted by Crippen LogP contribution is -2.30. The highest BCUT2D eigenvalue weighted by molar-refractivity contribution is 8.06.